The molecule has 6 nitrogen and oxygen atoms in total. The average molecular weight is 424 g/mol. The van der Waals surface area contributed by atoms with E-state index in [4.69, 9.17) is 5.73 Å². The van der Waals surface area contributed by atoms with Crippen molar-refractivity contribution in [3.05, 3.63) is 35.2 Å². The van der Waals surface area contributed by atoms with E-state index >= 15 is 0 Å². The molecule has 2 aromatic heterocycles. The van der Waals surface area contributed by atoms with Gasteiger partial charge in [0.15, 0.2) is 0 Å². The summed E-state index contributed by atoms with van der Waals surface area (Å²) >= 11 is 1.25. The van der Waals surface area contributed by atoms with Crippen LogP contribution in [0.15, 0.2) is 24.5 Å². The highest BCUT2D eigenvalue weighted by Gasteiger charge is 2.65. The van der Waals surface area contributed by atoms with E-state index in [0.717, 1.165) is 6.42 Å². The minimum atomic E-state index is -4.32. The summed E-state index contributed by atoms with van der Waals surface area (Å²) in [6, 6.07) is 2.52. The number of thiazole rings is 1. The predicted molar refractivity (Wildman–Crippen MR) is 99.9 cm³/mol. The van der Waals surface area contributed by atoms with Crippen LogP contribution in [-0.4, -0.2) is 45.4 Å². The minimum Gasteiger partial charge on any atom is -0.368 e. The lowest BCUT2D eigenvalue weighted by Crippen LogP contribution is -2.44. The van der Waals surface area contributed by atoms with Crippen LogP contribution in [0.2, 0.25) is 0 Å². The van der Waals surface area contributed by atoms with Crippen LogP contribution in [0.25, 0.3) is 10.4 Å². The summed E-state index contributed by atoms with van der Waals surface area (Å²) in [6.07, 6.45) is 0.0138. The number of amides is 2. The summed E-state index contributed by atoms with van der Waals surface area (Å²) in [5, 5.41) is 0.537. The van der Waals surface area contributed by atoms with E-state index in [-0.39, 0.29) is 30.9 Å². The molecule has 29 heavy (non-hydrogen) atoms. The molecule has 3 heterocycles. The Kier molecular flexibility index (Phi) is 4.84. The Morgan fingerprint density at radius 3 is 2.72 bits per heavy atom. The van der Waals surface area contributed by atoms with Crippen molar-refractivity contribution >= 4 is 23.2 Å². The monoisotopic (exact) mass is 424 g/mol. The predicted octanol–water partition coefficient (Wildman–Crippen LogP) is 2.82. The Balaban J connectivity index is 1.51. The van der Waals surface area contributed by atoms with Crippen molar-refractivity contribution in [2.75, 3.05) is 6.54 Å². The van der Waals surface area contributed by atoms with Crippen molar-refractivity contribution in [1.82, 2.24) is 14.9 Å². The van der Waals surface area contributed by atoms with E-state index in [1.165, 1.54) is 28.5 Å². The number of carbonyl (C=O) groups excluding carboxylic acids is 2. The molecule has 0 bridgehead atoms. The molecule has 0 unspecified atom stereocenters. The average Bonchev–Trinajstić information content (AvgIpc) is 3.12. The fourth-order valence-electron chi connectivity index (χ4n) is 3.77. The number of rotatable bonds is 5. The topological polar surface area (TPSA) is 89.2 Å². The molecule has 2 aliphatic rings. The molecule has 0 spiro atoms. The summed E-state index contributed by atoms with van der Waals surface area (Å²) in [6.45, 7) is 0.484. The molecule has 1 atom stereocenters. The van der Waals surface area contributed by atoms with Gasteiger partial charge in [-0.25, -0.2) is 4.98 Å². The number of primary amides is 1. The molecule has 2 aromatic rings. The summed E-state index contributed by atoms with van der Waals surface area (Å²) in [7, 11) is 0. The van der Waals surface area contributed by atoms with Crippen molar-refractivity contribution in [3.8, 4) is 10.4 Å². The van der Waals surface area contributed by atoms with E-state index in [1.807, 2.05) is 0 Å². The summed E-state index contributed by atoms with van der Waals surface area (Å²) < 4.78 is 40.1. The third-order valence-corrected chi connectivity index (χ3v) is 6.63. The van der Waals surface area contributed by atoms with Gasteiger partial charge in [0.2, 0.25) is 11.8 Å². The van der Waals surface area contributed by atoms with Crippen LogP contribution in [0.3, 0.4) is 0 Å². The van der Waals surface area contributed by atoms with Crippen molar-refractivity contribution in [3.63, 3.8) is 0 Å². The lowest BCUT2D eigenvalue weighted by molar-refractivity contribution is -0.161. The molecule has 10 heteroatoms. The highest BCUT2D eigenvalue weighted by atomic mass is 32.1. The Morgan fingerprint density at radius 1 is 1.31 bits per heavy atom. The molecule has 1 aliphatic carbocycles. The fraction of sp³-hybridized carbons (Fsp3) is 0.474. The lowest BCUT2D eigenvalue weighted by Gasteiger charge is -2.21. The molecule has 154 valence electrons. The second-order valence-corrected chi connectivity index (χ2v) is 8.57. The molecule has 0 radical (unpaired) electrons. The Bertz CT molecular complexity index is 955. The van der Waals surface area contributed by atoms with Gasteiger partial charge in [-0.15, -0.1) is 11.3 Å². The molecule has 0 aromatic carbocycles. The number of carbonyl (C=O) groups is 2. The third-order valence-electron chi connectivity index (χ3n) is 5.58. The fourth-order valence-corrected chi connectivity index (χ4v) is 4.68. The number of nitrogens with zero attached hydrogens (tertiary/aromatic N) is 3. The zero-order valence-corrected chi connectivity index (χ0v) is 16.2. The molecule has 2 amide bonds. The quantitative estimate of drug-likeness (QED) is 0.799. The first kappa shape index (κ1) is 19.8. The normalized spacial score (nSPS) is 20.7. The molecular formula is C19H19F3N4O2S. The van der Waals surface area contributed by atoms with Crippen LogP contribution in [0.1, 0.15) is 36.4 Å². The van der Waals surface area contributed by atoms with Gasteiger partial charge in [-0.05, 0) is 43.4 Å². The Labute approximate surface area is 168 Å². The van der Waals surface area contributed by atoms with E-state index in [9.17, 15) is 22.8 Å². The number of halogens is 3. The Hall–Kier alpha value is -2.49. The van der Waals surface area contributed by atoms with E-state index in [2.05, 4.69) is 9.97 Å². The first-order chi connectivity index (χ1) is 13.7. The van der Waals surface area contributed by atoms with E-state index in [0.29, 0.717) is 28.4 Å². The minimum absolute atomic E-state index is 0.0230. The van der Waals surface area contributed by atoms with Crippen LogP contribution in [0.4, 0.5) is 13.2 Å². The first-order valence-corrected chi connectivity index (χ1v) is 10.1. The van der Waals surface area contributed by atoms with Gasteiger partial charge in [0, 0.05) is 18.9 Å². The van der Waals surface area contributed by atoms with Gasteiger partial charge >= 0.3 is 6.18 Å². The van der Waals surface area contributed by atoms with Crippen LogP contribution in [0, 0.1) is 0 Å². The lowest BCUT2D eigenvalue weighted by atomic mass is 9.99. The standard InChI is InChI=1S/C19H19F3N4O2S/c20-19(21,22)18(4-5-18)14-8-11(3-6-24-14)13-10-25-15(29-13)9-16(27)26-7-1-2-12(26)17(23)28/h3,6,8,10,12H,1-2,4-5,7,9H2,(H2,23,28)/t12-/m0/s1. The zero-order valence-electron chi connectivity index (χ0n) is 15.4. The molecular weight excluding hydrogens is 405 g/mol. The number of hydrogen-bond donors (Lipinski definition) is 1. The van der Waals surface area contributed by atoms with Gasteiger partial charge in [0.05, 0.1) is 17.0 Å². The molecule has 2 N–H and O–H groups in total. The molecule has 1 saturated heterocycles. The number of aromatic nitrogens is 2. The second kappa shape index (κ2) is 7.08. The summed E-state index contributed by atoms with van der Waals surface area (Å²) in [5.74, 6) is -0.740. The Morgan fingerprint density at radius 2 is 2.07 bits per heavy atom. The summed E-state index contributed by atoms with van der Waals surface area (Å²) in [4.78, 5) is 34.4. The highest BCUT2D eigenvalue weighted by molar-refractivity contribution is 7.15. The maximum atomic E-state index is 13.4. The first-order valence-electron chi connectivity index (χ1n) is 9.28. The van der Waals surface area contributed by atoms with Gasteiger partial charge in [-0.3, -0.25) is 14.6 Å². The van der Waals surface area contributed by atoms with Crippen molar-refractivity contribution in [2.45, 2.75) is 49.7 Å². The zero-order chi connectivity index (χ0) is 20.8. The van der Waals surface area contributed by atoms with E-state index in [1.54, 1.807) is 12.3 Å². The maximum absolute atomic E-state index is 13.4. The SMILES string of the molecule is NC(=O)[C@@H]1CCCN1C(=O)Cc1ncc(-c2ccnc(C3(C(F)(F)F)CC3)c2)s1. The summed E-state index contributed by atoms with van der Waals surface area (Å²) in [5.41, 5.74) is 4.13. The highest BCUT2D eigenvalue weighted by Crippen LogP contribution is 2.58. The molecule has 1 saturated carbocycles. The molecule has 2 fully saturated rings. The van der Waals surface area contributed by atoms with E-state index < -0.39 is 23.5 Å². The van der Waals surface area contributed by atoms with Crippen molar-refractivity contribution in [2.24, 2.45) is 5.73 Å². The van der Waals surface area contributed by atoms with Crippen molar-refractivity contribution < 1.29 is 22.8 Å². The number of hydrogen-bond acceptors (Lipinski definition) is 5. The van der Waals surface area contributed by atoms with Crippen LogP contribution in [0.5, 0.6) is 0 Å². The second-order valence-electron chi connectivity index (χ2n) is 7.45. The molecule has 4 rings (SSSR count). The van der Waals surface area contributed by atoms with Crippen LogP contribution >= 0.6 is 11.3 Å². The van der Waals surface area contributed by atoms with Crippen LogP contribution in [-0.2, 0) is 21.4 Å². The van der Waals surface area contributed by atoms with Gasteiger partial charge in [-0.2, -0.15) is 13.2 Å². The number of pyridine rings is 1. The number of alkyl halides is 3. The van der Waals surface area contributed by atoms with Gasteiger partial charge in [0.25, 0.3) is 0 Å². The largest absolute Gasteiger partial charge is 0.399 e. The van der Waals surface area contributed by atoms with Crippen molar-refractivity contribution in [1.29, 1.82) is 0 Å². The number of likely N-dealkylation sites (tertiary alicyclic amines) is 1. The smallest absolute Gasteiger partial charge is 0.368 e. The van der Waals surface area contributed by atoms with Gasteiger partial charge < -0.3 is 10.6 Å². The maximum Gasteiger partial charge on any atom is 0.399 e. The third kappa shape index (κ3) is 3.61. The van der Waals surface area contributed by atoms with Gasteiger partial charge in [-0.1, -0.05) is 0 Å². The van der Waals surface area contributed by atoms with Crippen LogP contribution < -0.4 is 5.73 Å². The molecule has 1 aliphatic heterocycles. The van der Waals surface area contributed by atoms with Gasteiger partial charge in [0.1, 0.15) is 16.5 Å². The number of nitrogens with two attached hydrogens (primary N) is 1.